The molecular formula is C14H18N2O2S. The van der Waals surface area contributed by atoms with Crippen LogP contribution in [0.2, 0.25) is 0 Å². The molecule has 0 saturated carbocycles. The fourth-order valence-electron chi connectivity index (χ4n) is 2.94. The molecule has 19 heavy (non-hydrogen) atoms. The van der Waals surface area contributed by atoms with Gasteiger partial charge >= 0.3 is 0 Å². The van der Waals surface area contributed by atoms with Crippen LogP contribution in [0.3, 0.4) is 0 Å². The van der Waals surface area contributed by atoms with Gasteiger partial charge in [0.05, 0.1) is 10.9 Å². The van der Waals surface area contributed by atoms with Gasteiger partial charge in [0.2, 0.25) is 5.91 Å². The average molecular weight is 278 g/mol. The van der Waals surface area contributed by atoms with Crippen molar-refractivity contribution in [1.82, 2.24) is 9.80 Å². The Morgan fingerprint density at radius 2 is 2.21 bits per heavy atom. The second kappa shape index (κ2) is 4.96. The van der Waals surface area contributed by atoms with Crippen molar-refractivity contribution in [3.63, 3.8) is 0 Å². The minimum absolute atomic E-state index is 0.118. The Morgan fingerprint density at radius 1 is 1.37 bits per heavy atom. The first-order valence-corrected chi connectivity index (χ1v) is 7.62. The number of carbonyl (C=O) groups is 2. The molecule has 0 aliphatic carbocycles. The average Bonchev–Trinajstić information content (AvgIpc) is 3.08. The molecule has 2 aliphatic heterocycles. The quantitative estimate of drug-likeness (QED) is 0.829. The summed E-state index contributed by atoms with van der Waals surface area (Å²) in [5, 5.41) is 0. The molecule has 0 radical (unpaired) electrons. The van der Waals surface area contributed by atoms with Crippen LogP contribution >= 0.6 is 11.3 Å². The second-order valence-electron chi connectivity index (χ2n) is 5.29. The van der Waals surface area contributed by atoms with Crippen LogP contribution in [0.1, 0.15) is 33.8 Å². The topological polar surface area (TPSA) is 40.6 Å². The van der Waals surface area contributed by atoms with Gasteiger partial charge in [0.25, 0.3) is 5.91 Å². The summed E-state index contributed by atoms with van der Waals surface area (Å²) >= 11 is 1.54. The van der Waals surface area contributed by atoms with Crippen LogP contribution in [0.25, 0.3) is 0 Å². The van der Waals surface area contributed by atoms with Crippen LogP contribution in [0.4, 0.5) is 0 Å². The zero-order valence-electron chi connectivity index (χ0n) is 11.1. The molecule has 1 unspecified atom stereocenters. The number of thiophene rings is 1. The summed E-state index contributed by atoms with van der Waals surface area (Å²) in [5.41, 5.74) is 0. The van der Waals surface area contributed by atoms with E-state index >= 15 is 0 Å². The van der Waals surface area contributed by atoms with E-state index in [4.69, 9.17) is 0 Å². The van der Waals surface area contributed by atoms with Gasteiger partial charge in [-0.25, -0.2) is 0 Å². The van der Waals surface area contributed by atoms with Gasteiger partial charge in [-0.3, -0.25) is 9.59 Å². The standard InChI is InChI=1S/C14H18N2O2S/c1-10-4-5-12(19-10)14(18)15-8-6-11(9-15)16-7-2-3-13(16)17/h4-5,11H,2-3,6-9H2,1H3. The van der Waals surface area contributed by atoms with Gasteiger partial charge in [-0.15, -0.1) is 11.3 Å². The predicted octanol–water partition coefficient (Wildman–Crippen LogP) is 1.89. The molecule has 0 N–H and O–H groups in total. The molecule has 0 aromatic carbocycles. The molecule has 3 heterocycles. The molecule has 2 aliphatic rings. The van der Waals surface area contributed by atoms with E-state index < -0.39 is 0 Å². The van der Waals surface area contributed by atoms with Gasteiger partial charge in [0, 0.05) is 30.9 Å². The third-order valence-corrected chi connectivity index (χ3v) is 4.94. The van der Waals surface area contributed by atoms with Crippen molar-refractivity contribution in [2.24, 2.45) is 0 Å². The van der Waals surface area contributed by atoms with Gasteiger partial charge in [0.1, 0.15) is 0 Å². The second-order valence-corrected chi connectivity index (χ2v) is 6.58. The van der Waals surface area contributed by atoms with Crippen LogP contribution in [0, 0.1) is 6.92 Å². The summed E-state index contributed by atoms with van der Waals surface area (Å²) in [7, 11) is 0. The molecule has 4 nitrogen and oxygen atoms in total. The molecule has 2 saturated heterocycles. The molecule has 2 fully saturated rings. The third kappa shape index (κ3) is 2.39. The highest BCUT2D eigenvalue weighted by atomic mass is 32.1. The minimum Gasteiger partial charge on any atom is -0.338 e. The van der Waals surface area contributed by atoms with Crippen LogP contribution in [-0.4, -0.2) is 47.3 Å². The largest absolute Gasteiger partial charge is 0.338 e. The van der Waals surface area contributed by atoms with Crippen molar-refractivity contribution in [3.05, 3.63) is 21.9 Å². The number of amides is 2. The molecule has 2 amide bonds. The third-order valence-electron chi connectivity index (χ3n) is 3.95. The summed E-state index contributed by atoms with van der Waals surface area (Å²) < 4.78 is 0. The van der Waals surface area contributed by atoms with E-state index in [1.165, 1.54) is 0 Å². The van der Waals surface area contributed by atoms with E-state index in [0.717, 1.165) is 35.7 Å². The first-order chi connectivity index (χ1) is 9.15. The predicted molar refractivity (Wildman–Crippen MR) is 74.3 cm³/mol. The monoisotopic (exact) mass is 278 g/mol. The summed E-state index contributed by atoms with van der Waals surface area (Å²) in [5.74, 6) is 0.374. The lowest BCUT2D eigenvalue weighted by atomic mass is 10.2. The Labute approximate surface area is 117 Å². The molecule has 1 aromatic heterocycles. The van der Waals surface area contributed by atoms with Crippen LogP contribution in [0.5, 0.6) is 0 Å². The minimum atomic E-state index is 0.118. The van der Waals surface area contributed by atoms with E-state index in [0.29, 0.717) is 13.0 Å². The lowest BCUT2D eigenvalue weighted by Crippen LogP contribution is -2.39. The van der Waals surface area contributed by atoms with Crippen molar-refractivity contribution in [3.8, 4) is 0 Å². The molecule has 5 heteroatoms. The summed E-state index contributed by atoms with van der Waals surface area (Å²) in [6.45, 7) is 4.34. The van der Waals surface area contributed by atoms with Gasteiger partial charge in [-0.1, -0.05) is 0 Å². The normalized spacial score (nSPS) is 23.4. The number of hydrogen-bond acceptors (Lipinski definition) is 3. The van der Waals surface area contributed by atoms with Crippen molar-refractivity contribution in [2.75, 3.05) is 19.6 Å². The Morgan fingerprint density at radius 3 is 2.84 bits per heavy atom. The number of hydrogen-bond donors (Lipinski definition) is 0. The van der Waals surface area contributed by atoms with E-state index in [1.807, 2.05) is 28.9 Å². The first-order valence-electron chi connectivity index (χ1n) is 6.80. The Balaban J connectivity index is 1.65. The first kappa shape index (κ1) is 12.7. The molecule has 0 spiro atoms. The van der Waals surface area contributed by atoms with Gasteiger partial charge < -0.3 is 9.80 Å². The fraction of sp³-hybridized carbons (Fsp3) is 0.571. The van der Waals surface area contributed by atoms with Gasteiger partial charge in [-0.05, 0) is 31.9 Å². The smallest absolute Gasteiger partial charge is 0.263 e. The highest BCUT2D eigenvalue weighted by Crippen LogP contribution is 2.24. The molecule has 1 aromatic rings. The number of rotatable bonds is 2. The van der Waals surface area contributed by atoms with E-state index in [2.05, 4.69) is 0 Å². The summed E-state index contributed by atoms with van der Waals surface area (Å²) in [6, 6.07) is 4.12. The maximum Gasteiger partial charge on any atom is 0.263 e. The SMILES string of the molecule is Cc1ccc(C(=O)N2CCC(N3CCCC3=O)C2)s1. The maximum absolute atomic E-state index is 12.3. The van der Waals surface area contributed by atoms with Crippen LogP contribution in [-0.2, 0) is 4.79 Å². The fourth-order valence-corrected chi connectivity index (χ4v) is 3.78. The highest BCUT2D eigenvalue weighted by molar-refractivity contribution is 7.13. The van der Waals surface area contributed by atoms with Crippen molar-refractivity contribution < 1.29 is 9.59 Å². The van der Waals surface area contributed by atoms with Crippen LogP contribution < -0.4 is 0 Å². The lowest BCUT2D eigenvalue weighted by molar-refractivity contribution is -0.129. The molecular weight excluding hydrogens is 260 g/mol. The maximum atomic E-state index is 12.3. The van der Waals surface area contributed by atoms with Crippen molar-refractivity contribution in [2.45, 2.75) is 32.2 Å². The Kier molecular flexibility index (Phi) is 3.31. The molecule has 102 valence electrons. The van der Waals surface area contributed by atoms with Gasteiger partial charge in [0.15, 0.2) is 0 Å². The molecule has 3 rings (SSSR count). The van der Waals surface area contributed by atoms with Crippen molar-refractivity contribution >= 4 is 23.2 Å². The highest BCUT2D eigenvalue weighted by Gasteiger charge is 2.35. The number of likely N-dealkylation sites (tertiary alicyclic amines) is 2. The van der Waals surface area contributed by atoms with Crippen molar-refractivity contribution in [1.29, 1.82) is 0 Å². The van der Waals surface area contributed by atoms with E-state index in [1.54, 1.807) is 11.3 Å². The zero-order chi connectivity index (χ0) is 13.4. The number of aryl methyl sites for hydroxylation is 1. The molecule has 1 atom stereocenters. The number of nitrogens with zero attached hydrogens (tertiary/aromatic N) is 2. The Bertz CT molecular complexity index is 511. The lowest BCUT2D eigenvalue weighted by Gasteiger charge is -2.24. The van der Waals surface area contributed by atoms with E-state index in [9.17, 15) is 9.59 Å². The number of carbonyl (C=O) groups excluding carboxylic acids is 2. The van der Waals surface area contributed by atoms with Crippen LogP contribution in [0.15, 0.2) is 12.1 Å². The summed E-state index contributed by atoms with van der Waals surface area (Å²) in [6.07, 6.45) is 2.56. The Hall–Kier alpha value is -1.36. The zero-order valence-corrected chi connectivity index (χ0v) is 11.9. The van der Waals surface area contributed by atoms with E-state index in [-0.39, 0.29) is 17.9 Å². The summed E-state index contributed by atoms with van der Waals surface area (Å²) in [4.78, 5) is 29.9. The molecule has 0 bridgehead atoms. The van der Waals surface area contributed by atoms with Gasteiger partial charge in [-0.2, -0.15) is 0 Å².